The number of fused-ring (bicyclic) bond motifs is 1. The van der Waals surface area contributed by atoms with Crippen LogP contribution in [-0.4, -0.2) is 56.4 Å². The van der Waals surface area contributed by atoms with E-state index in [9.17, 15) is 0 Å². The first kappa shape index (κ1) is 24.4. The number of hydrogen-bond donors (Lipinski definition) is 1. The Hall–Kier alpha value is -0.860. The number of guanidine groups is 1. The lowest BCUT2D eigenvalue weighted by molar-refractivity contribution is 0.0263. The van der Waals surface area contributed by atoms with Gasteiger partial charge in [-0.05, 0) is 63.5 Å². The van der Waals surface area contributed by atoms with Gasteiger partial charge in [0.05, 0.1) is 12.2 Å². The lowest BCUT2D eigenvalue weighted by Gasteiger charge is -2.34. The fourth-order valence-corrected chi connectivity index (χ4v) is 4.25. The SMILES string of the molecule is CCNC(=NCCCOC1CCCc2ccccc21)N1CCC(OCC)CC1.I. The van der Waals surface area contributed by atoms with Crippen LogP contribution in [0, 0.1) is 0 Å². The van der Waals surface area contributed by atoms with Crippen molar-refractivity contribution in [1.82, 2.24) is 10.2 Å². The molecule has 1 aromatic carbocycles. The predicted molar refractivity (Wildman–Crippen MR) is 130 cm³/mol. The van der Waals surface area contributed by atoms with E-state index in [2.05, 4.69) is 48.3 Å². The van der Waals surface area contributed by atoms with Crippen molar-refractivity contribution in [3.8, 4) is 0 Å². The Balaban J connectivity index is 0.00000300. The van der Waals surface area contributed by atoms with Gasteiger partial charge in [-0.2, -0.15) is 0 Å². The topological polar surface area (TPSA) is 46.1 Å². The maximum absolute atomic E-state index is 6.22. The van der Waals surface area contributed by atoms with Crippen molar-refractivity contribution >= 4 is 29.9 Å². The van der Waals surface area contributed by atoms with Crippen LogP contribution >= 0.6 is 24.0 Å². The summed E-state index contributed by atoms with van der Waals surface area (Å²) in [6, 6.07) is 8.73. The van der Waals surface area contributed by atoms with Crippen LogP contribution in [0.4, 0.5) is 0 Å². The Labute approximate surface area is 193 Å². The molecular weight excluding hydrogens is 477 g/mol. The number of ether oxygens (including phenoxy) is 2. The van der Waals surface area contributed by atoms with Gasteiger partial charge in [-0.25, -0.2) is 0 Å². The summed E-state index contributed by atoms with van der Waals surface area (Å²) in [7, 11) is 0. The summed E-state index contributed by atoms with van der Waals surface area (Å²) in [6.45, 7) is 9.54. The summed E-state index contributed by atoms with van der Waals surface area (Å²) in [6.07, 6.45) is 7.36. The second-order valence-corrected chi connectivity index (χ2v) is 7.68. The maximum atomic E-state index is 6.22. The first-order valence-electron chi connectivity index (χ1n) is 11.2. The van der Waals surface area contributed by atoms with Crippen LogP contribution in [0.5, 0.6) is 0 Å². The first-order valence-corrected chi connectivity index (χ1v) is 11.2. The molecule has 0 radical (unpaired) electrons. The zero-order chi connectivity index (χ0) is 19.6. The van der Waals surface area contributed by atoms with E-state index >= 15 is 0 Å². The standard InChI is InChI=1S/C23H37N3O2.HI/c1-3-24-23(26-16-13-20(14-17-26)27-4-2)25-15-8-18-28-22-12-7-10-19-9-5-6-11-21(19)22;/h5-6,9,11,20,22H,3-4,7-8,10,12-18H2,1-2H3,(H,24,25);1H. The van der Waals surface area contributed by atoms with E-state index in [0.29, 0.717) is 6.10 Å². The van der Waals surface area contributed by atoms with E-state index in [1.807, 2.05) is 0 Å². The zero-order valence-electron chi connectivity index (χ0n) is 18.1. The van der Waals surface area contributed by atoms with Crippen LogP contribution in [0.15, 0.2) is 29.3 Å². The van der Waals surface area contributed by atoms with Crippen LogP contribution < -0.4 is 5.32 Å². The molecular formula is C23H38IN3O2. The van der Waals surface area contributed by atoms with E-state index < -0.39 is 0 Å². The van der Waals surface area contributed by atoms with Gasteiger partial charge in [-0.15, -0.1) is 24.0 Å². The largest absolute Gasteiger partial charge is 0.378 e. The maximum Gasteiger partial charge on any atom is 0.193 e. The van der Waals surface area contributed by atoms with Crippen molar-refractivity contribution in [3.63, 3.8) is 0 Å². The normalized spacial score (nSPS) is 20.1. The van der Waals surface area contributed by atoms with Gasteiger partial charge in [0.15, 0.2) is 5.96 Å². The van der Waals surface area contributed by atoms with Crippen LogP contribution in [-0.2, 0) is 15.9 Å². The van der Waals surface area contributed by atoms with Crippen LogP contribution in [0.1, 0.15) is 63.2 Å². The minimum Gasteiger partial charge on any atom is -0.378 e. The van der Waals surface area contributed by atoms with Crippen LogP contribution in [0.25, 0.3) is 0 Å². The van der Waals surface area contributed by atoms with E-state index in [1.54, 1.807) is 0 Å². The van der Waals surface area contributed by atoms with Gasteiger partial charge >= 0.3 is 0 Å². The Morgan fingerprint density at radius 3 is 2.69 bits per heavy atom. The number of aryl methyl sites for hydroxylation is 1. The van der Waals surface area contributed by atoms with Crippen molar-refractivity contribution in [2.45, 2.75) is 64.6 Å². The second-order valence-electron chi connectivity index (χ2n) is 7.68. The lowest BCUT2D eigenvalue weighted by Crippen LogP contribution is -2.47. The molecule has 1 fully saturated rings. The minimum absolute atomic E-state index is 0. The molecule has 0 saturated carbocycles. The highest BCUT2D eigenvalue weighted by Gasteiger charge is 2.22. The van der Waals surface area contributed by atoms with Gasteiger partial charge in [-0.3, -0.25) is 4.99 Å². The van der Waals surface area contributed by atoms with Gasteiger partial charge in [0.25, 0.3) is 0 Å². The molecule has 1 saturated heterocycles. The number of aliphatic imine (C=N–C) groups is 1. The van der Waals surface area contributed by atoms with Gasteiger partial charge in [0, 0.05) is 39.4 Å². The zero-order valence-corrected chi connectivity index (χ0v) is 20.4. The average molecular weight is 515 g/mol. The molecule has 1 aromatic rings. The van der Waals surface area contributed by atoms with Crippen molar-refractivity contribution in [2.24, 2.45) is 4.99 Å². The van der Waals surface area contributed by atoms with Crippen LogP contribution in [0.3, 0.4) is 0 Å². The Morgan fingerprint density at radius 1 is 1.14 bits per heavy atom. The second kappa shape index (κ2) is 13.4. The van der Waals surface area contributed by atoms with Crippen molar-refractivity contribution in [1.29, 1.82) is 0 Å². The molecule has 0 amide bonds. The fraction of sp³-hybridized carbons (Fsp3) is 0.696. The van der Waals surface area contributed by atoms with E-state index in [0.717, 1.165) is 71.0 Å². The minimum atomic E-state index is 0. The number of benzene rings is 1. The molecule has 1 unspecified atom stereocenters. The van der Waals surface area contributed by atoms with Crippen molar-refractivity contribution in [3.05, 3.63) is 35.4 Å². The molecule has 1 N–H and O–H groups in total. The number of piperidine rings is 1. The number of hydrogen-bond acceptors (Lipinski definition) is 3. The molecule has 1 aliphatic heterocycles. The lowest BCUT2D eigenvalue weighted by atomic mass is 9.89. The molecule has 5 nitrogen and oxygen atoms in total. The number of nitrogens with one attached hydrogen (secondary N) is 1. The molecule has 3 rings (SSSR count). The summed E-state index contributed by atoms with van der Waals surface area (Å²) in [5.74, 6) is 1.04. The van der Waals surface area contributed by atoms with Crippen molar-refractivity contribution in [2.75, 3.05) is 39.4 Å². The first-order chi connectivity index (χ1) is 13.8. The third kappa shape index (κ3) is 7.40. The van der Waals surface area contributed by atoms with E-state index in [-0.39, 0.29) is 30.1 Å². The molecule has 0 bridgehead atoms. The number of nitrogens with zero attached hydrogens (tertiary/aromatic N) is 2. The highest BCUT2D eigenvalue weighted by atomic mass is 127. The summed E-state index contributed by atoms with van der Waals surface area (Å²) in [5.41, 5.74) is 2.85. The fourth-order valence-electron chi connectivity index (χ4n) is 4.25. The quantitative estimate of drug-likeness (QED) is 0.239. The summed E-state index contributed by atoms with van der Waals surface area (Å²) >= 11 is 0. The summed E-state index contributed by atoms with van der Waals surface area (Å²) in [5, 5.41) is 3.45. The Morgan fingerprint density at radius 2 is 1.93 bits per heavy atom. The third-order valence-corrected chi connectivity index (χ3v) is 5.68. The van der Waals surface area contributed by atoms with Gasteiger partial charge in [0.1, 0.15) is 0 Å². The summed E-state index contributed by atoms with van der Waals surface area (Å²) < 4.78 is 12.0. The molecule has 1 heterocycles. The Kier molecular flexibility index (Phi) is 11.3. The van der Waals surface area contributed by atoms with Gasteiger partial charge < -0.3 is 19.7 Å². The molecule has 164 valence electrons. The highest BCUT2D eigenvalue weighted by Crippen LogP contribution is 2.32. The van der Waals surface area contributed by atoms with Gasteiger partial charge in [0.2, 0.25) is 0 Å². The van der Waals surface area contributed by atoms with E-state index in [1.165, 1.54) is 24.0 Å². The molecule has 0 aromatic heterocycles. The highest BCUT2D eigenvalue weighted by molar-refractivity contribution is 14.0. The Bertz CT molecular complexity index is 618. The average Bonchev–Trinajstić information content (AvgIpc) is 2.74. The van der Waals surface area contributed by atoms with Crippen LogP contribution in [0.2, 0.25) is 0 Å². The van der Waals surface area contributed by atoms with Crippen molar-refractivity contribution < 1.29 is 9.47 Å². The molecule has 0 spiro atoms. The monoisotopic (exact) mass is 515 g/mol. The predicted octanol–water partition coefficient (Wildman–Crippen LogP) is 4.56. The smallest absolute Gasteiger partial charge is 0.193 e. The number of halogens is 1. The molecule has 29 heavy (non-hydrogen) atoms. The molecule has 6 heteroatoms. The number of rotatable bonds is 8. The van der Waals surface area contributed by atoms with E-state index in [4.69, 9.17) is 14.5 Å². The summed E-state index contributed by atoms with van der Waals surface area (Å²) in [4.78, 5) is 7.22. The molecule has 1 atom stereocenters. The molecule has 2 aliphatic rings. The van der Waals surface area contributed by atoms with Gasteiger partial charge in [-0.1, -0.05) is 24.3 Å². The third-order valence-electron chi connectivity index (χ3n) is 5.68. The number of likely N-dealkylation sites (tertiary alicyclic amines) is 1. The molecule has 1 aliphatic carbocycles.